The SMILES string of the molecule is CCCCc1ccc(-c2cc(F)c(-c3ccc(CCCC)cc3)c(-c3ccc(CCCC)cc3)c2-c2ccc(CCCC)cc2)cc1. The second-order valence-corrected chi connectivity index (χ2v) is 13.2. The molecule has 0 saturated carbocycles. The van der Waals surface area contributed by atoms with Crippen molar-refractivity contribution < 1.29 is 4.39 Å². The lowest BCUT2D eigenvalue weighted by Crippen LogP contribution is -1.99. The number of halogens is 1. The maximum absolute atomic E-state index is 16.9. The molecule has 0 heterocycles. The first-order valence-corrected chi connectivity index (χ1v) is 18.3. The van der Waals surface area contributed by atoms with E-state index in [1.165, 1.54) is 60.8 Å². The summed E-state index contributed by atoms with van der Waals surface area (Å²) in [5.74, 6) is -0.176. The molecule has 5 aromatic carbocycles. The highest BCUT2D eigenvalue weighted by molar-refractivity contribution is 6.02. The van der Waals surface area contributed by atoms with Crippen molar-refractivity contribution in [1.29, 1.82) is 0 Å². The Balaban J connectivity index is 1.75. The van der Waals surface area contributed by atoms with E-state index in [1.807, 2.05) is 0 Å². The zero-order valence-corrected chi connectivity index (χ0v) is 29.2. The summed E-state index contributed by atoms with van der Waals surface area (Å²) in [6.07, 6.45) is 13.6. The molecule has 0 aliphatic heterocycles. The first kappa shape index (κ1) is 34.4. The molecular formula is C46H53F. The summed E-state index contributed by atoms with van der Waals surface area (Å²) < 4.78 is 16.9. The molecule has 0 radical (unpaired) electrons. The lowest BCUT2D eigenvalue weighted by molar-refractivity contribution is 0.632. The van der Waals surface area contributed by atoms with Crippen LogP contribution >= 0.6 is 0 Å². The van der Waals surface area contributed by atoms with E-state index in [2.05, 4.69) is 125 Å². The molecule has 0 N–H and O–H groups in total. The molecule has 0 atom stereocenters. The van der Waals surface area contributed by atoms with Gasteiger partial charge in [-0.3, -0.25) is 0 Å². The number of benzene rings is 5. The van der Waals surface area contributed by atoms with Crippen LogP contribution in [-0.2, 0) is 25.7 Å². The molecular weight excluding hydrogens is 572 g/mol. The number of unbranched alkanes of at least 4 members (excludes halogenated alkanes) is 4. The summed E-state index contributed by atoms with van der Waals surface area (Å²) in [5, 5.41) is 0. The van der Waals surface area contributed by atoms with E-state index < -0.39 is 0 Å². The van der Waals surface area contributed by atoms with Crippen molar-refractivity contribution >= 4 is 0 Å². The lowest BCUT2D eigenvalue weighted by Gasteiger charge is -2.22. The summed E-state index contributed by atoms with van der Waals surface area (Å²) >= 11 is 0. The van der Waals surface area contributed by atoms with Gasteiger partial charge in [-0.15, -0.1) is 0 Å². The fourth-order valence-corrected chi connectivity index (χ4v) is 6.64. The Kier molecular flexibility index (Phi) is 12.6. The zero-order chi connectivity index (χ0) is 33.0. The van der Waals surface area contributed by atoms with Crippen LogP contribution in [0.2, 0.25) is 0 Å². The molecule has 47 heavy (non-hydrogen) atoms. The largest absolute Gasteiger partial charge is 0.206 e. The third-order valence-electron chi connectivity index (χ3n) is 9.55. The summed E-state index contributed by atoms with van der Waals surface area (Å²) in [5.41, 5.74) is 13.2. The van der Waals surface area contributed by atoms with Gasteiger partial charge in [0.2, 0.25) is 0 Å². The Morgan fingerprint density at radius 1 is 0.362 bits per heavy atom. The van der Waals surface area contributed by atoms with Gasteiger partial charge in [-0.25, -0.2) is 4.39 Å². The quantitative estimate of drug-likeness (QED) is 0.102. The molecule has 1 heteroatoms. The predicted molar refractivity (Wildman–Crippen MR) is 203 cm³/mol. The minimum Gasteiger partial charge on any atom is -0.206 e. The molecule has 0 aliphatic carbocycles. The van der Waals surface area contributed by atoms with Gasteiger partial charge in [0.15, 0.2) is 0 Å². The number of hydrogen-bond acceptors (Lipinski definition) is 0. The lowest BCUT2D eigenvalue weighted by atomic mass is 9.81. The van der Waals surface area contributed by atoms with Crippen LogP contribution in [0.4, 0.5) is 4.39 Å². The van der Waals surface area contributed by atoms with Crippen molar-refractivity contribution in [1.82, 2.24) is 0 Å². The first-order chi connectivity index (χ1) is 23.1. The summed E-state index contributed by atoms with van der Waals surface area (Å²) in [7, 11) is 0. The standard InChI is InChI=1S/C46H53F/c1-5-9-13-34-17-25-38(26-18-34)42-33-43(47)45(40-29-21-36(22-30-40)15-11-7-3)46(41-31-23-37(24-32-41)16-12-8-4)44(42)39-27-19-35(20-28-39)14-10-6-2/h17-33H,5-16H2,1-4H3. The zero-order valence-electron chi connectivity index (χ0n) is 29.2. The minimum atomic E-state index is -0.176. The topological polar surface area (TPSA) is 0 Å². The molecule has 0 aromatic heterocycles. The van der Waals surface area contributed by atoms with Crippen molar-refractivity contribution in [3.8, 4) is 44.5 Å². The Morgan fingerprint density at radius 2 is 0.660 bits per heavy atom. The third-order valence-corrected chi connectivity index (χ3v) is 9.55. The van der Waals surface area contributed by atoms with Gasteiger partial charge in [0, 0.05) is 11.1 Å². The maximum atomic E-state index is 16.9. The Bertz CT molecular complexity index is 1670. The first-order valence-electron chi connectivity index (χ1n) is 18.3. The van der Waals surface area contributed by atoms with Crippen LogP contribution in [-0.4, -0.2) is 0 Å². The van der Waals surface area contributed by atoms with Crippen LogP contribution < -0.4 is 0 Å². The van der Waals surface area contributed by atoms with Crippen LogP contribution in [0.5, 0.6) is 0 Å². The van der Waals surface area contributed by atoms with Crippen LogP contribution in [0.25, 0.3) is 44.5 Å². The van der Waals surface area contributed by atoms with Crippen LogP contribution in [0.15, 0.2) is 103 Å². The molecule has 0 amide bonds. The van der Waals surface area contributed by atoms with Crippen LogP contribution in [0, 0.1) is 5.82 Å². The van der Waals surface area contributed by atoms with Crippen LogP contribution in [0.3, 0.4) is 0 Å². The number of hydrogen-bond donors (Lipinski definition) is 0. The average molecular weight is 625 g/mol. The fourth-order valence-electron chi connectivity index (χ4n) is 6.64. The molecule has 0 spiro atoms. The van der Waals surface area contributed by atoms with Crippen molar-refractivity contribution in [3.63, 3.8) is 0 Å². The van der Waals surface area contributed by atoms with Crippen molar-refractivity contribution in [2.75, 3.05) is 0 Å². The molecule has 0 saturated heterocycles. The van der Waals surface area contributed by atoms with Gasteiger partial charge >= 0.3 is 0 Å². The van der Waals surface area contributed by atoms with E-state index in [-0.39, 0.29) is 5.82 Å². The molecule has 5 aromatic rings. The van der Waals surface area contributed by atoms with E-state index in [1.54, 1.807) is 6.07 Å². The highest BCUT2D eigenvalue weighted by Crippen LogP contribution is 2.47. The maximum Gasteiger partial charge on any atom is 0.132 e. The highest BCUT2D eigenvalue weighted by atomic mass is 19.1. The van der Waals surface area contributed by atoms with Gasteiger partial charge in [-0.1, -0.05) is 150 Å². The van der Waals surface area contributed by atoms with Gasteiger partial charge < -0.3 is 0 Å². The van der Waals surface area contributed by atoms with E-state index in [9.17, 15) is 0 Å². The molecule has 0 fully saturated rings. The third kappa shape index (κ3) is 8.69. The highest BCUT2D eigenvalue weighted by Gasteiger charge is 2.23. The minimum absolute atomic E-state index is 0.176. The normalized spacial score (nSPS) is 11.3. The molecule has 0 unspecified atom stereocenters. The number of rotatable bonds is 16. The second kappa shape index (κ2) is 17.3. The Hall–Kier alpha value is -3.97. The Labute approximate surface area is 284 Å². The second-order valence-electron chi connectivity index (χ2n) is 13.2. The van der Waals surface area contributed by atoms with E-state index in [4.69, 9.17) is 0 Å². The molecule has 0 aliphatic rings. The van der Waals surface area contributed by atoms with Crippen LogP contribution in [0.1, 0.15) is 101 Å². The monoisotopic (exact) mass is 624 g/mol. The smallest absolute Gasteiger partial charge is 0.132 e. The predicted octanol–water partition coefficient (Wildman–Crippen LogP) is 13.9. The fraction of sp³-hybridized carbons (Fsp3) is 0.348. The molecule has 244 valence electrons. The van der Waals surface area contributed by atoms with E-state index >= 15 is 4.39 Å². The van der Waals surface area contributed by atoms with Crippen molar-refractivity contribution in [3.05, 3.63) is 131 Å². The van der Waals surface area contributed by atoms with E-state index in [0.717, 1.165) is 77.5 Å². The van der Waals surface area contributed by atoms with Crippen molar-refractivity contribution in [2.45, 2.75) is 105 Å². The van der Waals surface area contributed by atoms with Gasteiger partial charge in [0.05, 0.1) is 0 Å². The average Bonchev–Trinajstić information content (AvgIpc) is 3.12. The van der Waals surface area contributed by atoms with E-state index in [0.29, 0.717) is 5.56 Å². The van der Waals surface area contributed by atoms with Gasteiger partial charge in [-0.2, -0.15) is 0 Å². The molecule has 5 rings (SSSR count). The summed E-state index contributed by atoms with van der Waals surface area (Å²) in [6, 6.07) is 37.2. The number of aryl methyl sites for hydroxylation is 4. The van der Waals surface area contributed by atoms with Crippen molar-refractivity contribution in [2.24, 2.45) is 0 Å². The van der Waals surface area contributed by atoms with Gasteiger partial charge in [0.25, 0.3) is 0 Å². The van der Waals surface area contributed by atoms with Gasteiger partial charge in [-0.05, 0) is 113 Å². The summed E-state index contributed by atoms with van der Waals surface area (Å²) in [4.78, 5) is 0. The summed E-state index contributed by atoms with van der Waals surface area (Å²) in [6.45, 7) is 8.93. The van der Waals surface area contributed by atoms with Gasteiger partial charge in [0.1, 0.15) is 5.82 Å². The molecule has 0 nitrogen and oxygen atoms in total. The molecule has 0 bridgehead atoms. The Morgan fingerprint density at radius 3 is 1.00 bits per heavy atom.